The maximum atomic E-state index is 12.0. The average Bonchev–Trinajstić information content (AvgIpc) is 2.72. The van der Waals surface area contributed by atoms with Gasteiger partial charge in [-0.05, 0) is 18.9 Å². The van der Waals surface area contributed by atoms with E-state index < -0.39 is 0 Å². The van der Waals surface area contributed by atoms with Crippen molar-refractivity contribution in [2.45, 2.75) is 26.2 Å². The number of aromatic nitrogens is 2. The number of nitrogens with zero attached hydrogens (tertiary/aromatic N) is 5. The number of piperazine rings is 1. The Kier molecular flexibility index (Phi) is 6.27. The van der Waals surface area contributed by atoms with Crippen LogP contribution in [0.2, 0.25) is 0 Å². The number of carbonyl (C=O) groups is 1. The summed E-state index contributed by atoms with van der Waals surface area (Å²) in [5, 5.41) is 0. The van der Waals surface area contributed by atoms with Gasteiger partial charge in [0.2, 0.25) is 5.91 Å². The third-order valence-corrected chi connectivity index (χ3v) is 5.33. The number of likely N-dealkylation sites (N-methyl/N-ethyl adjacent to an activating group) is 2. The Balaban J connectivity index is 1.76. The number of amides is 1. The van der Waals surface area contributed by atoms with E-state index >= 15 is 0 Å². The van der Waals surface area contributed by atoms with Crippen molar-refractivity contribution in [1.29, 1.82) is 0 Å². The molecule has 27 heavy (non-hydrogen) atoms. The molecule has 0 N–H and O–H groups in total. The summed E-state index contributed by atoms with van der Waals surface area (Å²) in [4.78, 5) is 27.1. The number of anilines is 2. The van der Waals surface area contributed by atoms with Crippen molar-refractivity contribution in [2.75, 3.05) is 49.6 Å². The predicted molar refractivity (Wildman–Crippen MR) is 109 cm³/mol. The molecule has 1 saturated heterocycles. The highest BCUT2D eigenvalue weighted by molar-refractivity contribution is 5.82. The smallest absolute Gasteiger partial charge is 0.241 e. The van der Waals surface area contributed by atoms with Gasteiger partial charge in [0.05, 0.1) is 6.54 Å². The zero-order valence-electron chi connectivity index (χ0n) is 16.5. The minimum absolute atomic E-state index is 0.129. The topological polar surface area (TPSA) is 52.6 Å². The standard InChI is InChI=1S/C21H29N5O/c1-4-17(18-9-7-6-8-10-18)14-25(5-2)19-13-20(23-16-22-19)26-12-11-24(3)21(27)15-26/h6-10,13,16-17H,4-5,11-12,14-15H2,1-3H3. The minimum atomic E-state index is 0.129. The van der Waals surface area contributed by atoms with E-state index in [1.54, 1.807) is 11.2 Å². The monoisotopic (exact) mass is 367 g/mol. The number of rotatable bonds is 7. The van der Waals surface area contributed by atoms with Gasteiger partial charge in [0, 0.05) is 45.2 Å². The van der Waals surface area contributed by atoms with Crippen LogP contribution in [0.1, 0.15) is 31.7 Å². The molecule has 6 nitrogen and oxygen atoms in total. The van der Waals surface area contributed by atoms with Crippen molar-refractivity contribution in [3.05, 3.63) is 48.3 Å². The summed E-state index contributed by atoms with van der Waals surface area (Å²) in [6, 6.07) is 12.7. The van der Waals surface area contributed by atoms with Crippen molar-refractivity contribution < 1.29 is 4.79 Å². The highest BCUT2D eigenvalue weighted by Gasteiger charge is 2.23. The molecule has 1 aromatic carbocycles. The van der Waals surface area contributed by atoms with Crippen LogP contribution < -0.4 is 9.80 Å². The number of carbonyl (C=O) groups excluding carboxylic acids is 1. The highest BCUT2D eigenvalue weighted by atomic mass is 16.2. The van der Waals surface area contributed by atoms with Crippen molar-refractivity contribution in [3.8, 4) is 0 Å². The van der Waals surface area contributed by atoms with Crippen LogP contribution in [-0.4, -0.2) is 60.5 Å². The fourth-order valence-electron chi connectivity index (χ4n) is 3.48. The van der Waals surface area contributed by atoms with Gasteiger partial charge in [-0.2, -0.15) is 0 Å². The number of benzene rings is 1. The lowest BCUT2D eigenvalue weighted by molar-refractivity contribution is -0.129. The third kappa shape index (κ3) is 4.56. The summed E-state index contributed by atoms with van der Waals surface area (Å²) >= 11 is 0. The lowest BCUT2D eigenvalue weighted by atomic mass is 9.96. The highest BCUT2D eigenvalue weighted by Crippen LogP contribution is 2.25. The van der Waals surface area contributed by atoms with Crippen LogP contribution in [0.3, 0.4) is 0 Å². The van der Waals surface area contributed by atoms with E-state index in [1.165, 1.54) is 5.56 Å². The van der Waals surface area contributed by atoms with E-state index in [2.05, 4.69) is 59.0 Å². The lowest BCUT2D eigenvalue weighted by Gasteiger charge is -2.33. The molecule has 0 radical (unpaired) electrons. The van der Waals surface area contributed by atoms with Gasteiger partial charge >= 0.3 is 0 Å². The second kappa shape index (κ2) is 8.84. The minimum Gasteiger partial charge on any atom is -0.356 e. The lowest BCUT2D eigenvalue weighted by Crippen LogP contribution is -2.48. The SMILES string of the molecule is CCC(CN(CC)c1cc(N2CCN(C)C(=O)C2)ncn1)c1ccccc1. The van der Waals surface area contributed by atoms with E-state index in [4.69, 9.17) is 0 Å². The Morgan fingerprint density at radius 1 is 1.15 bits per heavy atom. The molecule has 1 atom stereocenters. The van der Waals surface area contributed by atoms with Gasteiger partial charge < -0.3 is 14.7 Å². The first-order valence-corrected chi connectivity index (χ1v) is 9.73. The summed E-state index contributed by atoms with van der Waals surface area (Å²) in [6.45, 7) is 8.07. The Morgan fingerprint density at radius 2 is 1.93 bits per heavy atom. The summed E-state index contributed by atoms with van der Waals surface area (Å²) in [6.07, 6.45) is 2.69. The molecule has 2 heterocycles. The molecule has 144 valence electrons. The van der Waals surface area contributed by atoms with Crippen LogP contribution in [0.15, 0.2) is 42.7 Å². The summed E-state index contributed by atoms with van der Waals surface area (Å²) in [7, 11) is 1.85. The van der Waals surface area contributed by atoms with Gasteiger partial charge in [-0.15, -0.1) is 0 Å². The second-order valence-electron chi connectivity index (χ2n) is 7.03. The first-order chi connectivity index (χ1) is 13.1. The van der Waals surface area contributed by atoms with Gasteiger partial charge in [-0.25, -0.2) is 9.97 Å². The fourth-order valence-corrected chi connectivity index (χ4v) is 3.48. The van der Waals surface area contributed by atoms with Gasteiger partial charge in [0.15, 0.2) is 0 Å². The molecule has 0 spiro atoms. The first-order valence-electron chi connectivity index (χ1n) is 9.73. The van der Waals surface area contributed by atoms with E-state index in [-0.39, 0.29) is 5.91 Å². The molecule has 6 heteroatoms. The van der Waals surface area contributed by atoms with Crippen LogP contribution in [0, 0.1) is 0 Å². The van der Waals surface area contributed by atoms with Crippen molar-refractivity contribution in [2.24, 2.45) is 0 Å². The summed E-state index contributed by atoms with van der Waals surface area (Å²) in [5.74, 6) is 2.33. The number of hydrogen-bond acceptors (Lipinski definition) is 5. The normalized spacial score (nSPS) is 15.7. The molecule has 0 saturated carbocycles. The number of hydrogen-bond donors (Lipinski definition) is 0. The zero-order chi connectivity index (χ0) is 19.2. The molecule has 2 aromatic rings. The van der Waals surface area contributed by atoms with Gasteiger partial charge in [-0.1, -0.05) is 37.3 Å². The average molecular weight is 367 g/mol. The van der Waals surface area contributed by atoms with E-state index in [0.717, 1.165) is 44.2 Å². The van der Waals surface area contributed by atoms with E-state index in [9.17, 15) is 4.79 Å². The Labute approximate surface area is 161 Å². The molecule has 1 aromatic heterocycles. The van der Waals surface area contributed by atoms with Crippen molar-refractivity contribution in [1.82, 2.24) is 14.9 Å². The predicted octanol–water partition coefficient (Wildman–Crippen LogP) is 2.78. The Hall–Kier alpha value is -2.63. The molecule has 1 aliphatic heterocycles. The maximum Gasteiger partial charge on any atom is 0.241 e. The van der Waals surface area contributed by atoms with Gasteiger partial charge in [0.25, 0.3) is 0 Å². The molecule has 1 unspecified atom stereocenters. The van der Waals surface area contributed by atoms with E-state index in [1.807, 2.05) is 18.0 Å². The largest absolute Gasteiger partial charge is 0.356 e. The molecule has 1 aliphatic rings. The quantitative estimate of drug-likeness (QED) is 0.753. The van der Waals surface area contributed by atoms with Crippen LogP contribution in [0.5, 0.6) is 0 Å². The molecule has 0 aliphatic carbocycles. The van der Waals surface area contributed by atoms with Gasteiger partial charge in [0.1, 0.15) is 18.0 Å². The van der Waals surface area contributed by atoms with Crippen molar-refractivity contribution >= 4 is 17.5 Å². The van der Waals surface area contributed by atoms with Gasteiger partial charge in [-0.3, -0.25) is 4.79 Å². The third-order valence-electron chi connectivity index (χ3n) is 5.33. The Morgan fingerprint density at radius 3 is 2.59 bits per heavy atom. The molecular weight excluding hydrogens is 338 g/mol. The molecule has 1 amide bonds. The second-order valence-corrected chi connectivity index (χ2v) is 7.03. The van der Waals surface area contributed by atoms with Crippen LogP contribution in [0.4, 0.5) is 11.6 Å². The summed E-state index contributed by atoms with van der Waals surface area (Å²) in [5.41, 5.74) is 1.36. The van der Waals surface area contributed by atoms with Crippen LogP contribution in [0.25, 0.3) is 0 Å². The van der Waals surface area contributed by atoms with Crippen LogP contribution >= 0.6 is 0 Å². The zero-order valence-corrected chi connectivity index (χ0v) is 16.5. The molecule has 1 fully saturated rings. The fraction of sp³-hybridized carbons (Fsp3) is 0.476. The molecular formula is C21H29N5O. The van der Waals surface area contributed by atoms with Crippen molar-refractivity contribution in [3.63, 3.8) is 0 Å². The maximum absolute atomic E-state index is 12.0. The Bertz CT molecular complexity index is 751. The van der Waals surface area contributed by atoms with Crippen LogP contribution in [-0.2, 0) is 4.79 Å². The summed E-state index contributed by atoms with van der Waals surface area (Å²) < 4.78 is 0. The first kappa shape index (κ1) is 19.1. The molecule has 0 bridgehead atoms. The molecule has 3 rings (SSSR count). The van der Waals surface area contributed by atoms with E-state index in [0.29, 0.717) is 12.5 Å².